The molecule has 2 fully saturated rings. The number of thiazole rings is 1. The van der Waals surface area contributed by atoms with Gasteiger partial charge in [-0.15, -0.1) is 11.3 Å². The second kappa shape index (κ2) is 11.8. The summed E-state index contributed by atoms with van der Waals surface area (Å²) in [5.41, 5.74) is -0.0249. The van der Waals surface area contributed by atoms with Crippen LogP contribution in [-0.2, 0) is 25.8 Å². The Kier molecular flexibility index (Phi) is 8.74. The van der Waals surface area contributed by atoms with E-state index in [1.165, 1.54) is 6.20 Å². The third-order valence-electron chi connectivity index (χ3n) is 8.15. The summed E-state index contributed by atoms with van der Waals surface area (Å²) in [6.07, 6.45) is 2.14. The highest BCUT2D eigenvalue weighted by atomic mass is 35.5. The summed E-state index contributed by atoms with van der Waals surface area (Å²) in [5.74, 6) is -1.68. The van der Waals surface area contributed by atoms with Crippen LogP contribution in [0.25, 0.3) is 0 Å². The average Bonchev–Trinajstić information content (AvgIpc) is 3.66. The molecule has 1 amide bonds. The highest BCUT2D eigenvalue weighted by Crippen LogP contribution is 2.51. The maximum Gasteiger partial charge on any atom is 0.347 e. The van der Waals surface area contributed by atoms with Crippen LogP contribution in [0.2, 0.25) is 10.0 Å². The third-order valence-corrected chi connectivity index (χ3v) is 12.3. The van der Waals surface area contributed by atoms with Crippen molar-refractivity contribution in [2.24, 2.45) is 5.92 Å². The van der Waals surface area contributed by atoms with Gasteiger partial charge in [0.05, 0.1) is 27.7 Å². The first-order valence-electron chi connectivity index (χ1n) is 14.0. The van der Waals surface area contributed by atoms with Crippen molar-refractivity contribution in [3.05, 3.63) is 85.8 Å². The fraction of sp³-hybridized carbons (Fsp3) is 0.452. The molecule has 1 N–H and O–H groups in total. The minimum Gasteiger partial charge on any atom is -0.477 e. The van der Waals surface area contributed by atoms with E-state index in [4.69, 9.17) is 27.9 Å². The van der Waals surface area contributed by atoms with Crippen LogP contribution in [0, 0.1) is 5.92 Å². The molecule has 0 spiro atoms. The van der Waals surface area contributed by atoms with E-state index in [0.29, 0.717) is 15.1 Å². The minimum atomic E-state index is -3.63. The number of benzene rings is 2. The van der Waals surface area contributed by atoms with E-state index in [-0.39, 0.29) is 28.9 Å². The first kappa shape index (κ1) is 31.9. The number of halogens is 2. The molecule has 4 unspecified atom stereocenters. The Bertz CT molecular complexity index is 1630. The summed E-state index contributed by atoms with van der Waals surface area (Å²) in [7, 11) is -3.63. The standard InChI is InChI=1S/C31H34Cl2N2O6S2/c1-30(2,3)43(39,40)17-23(18-8-9-18)35-26(19-10-12-21(32)13-11-19)27(20-6-5-7-22(33)14-20)41-31(4,29(35)38)15-25-34-16-24(42-25)28(36)37/h5-7,10-14,16,18,23,26-27H,8-9,15,17H2,1-4H3,(H,36,37). The number of sulfone groups is 1. The van der Waals surface area contributed by atoms with Gasteiger partial charge in [0.1, 0.15) is 11.0 Å². The Morgan fingerprint density at radius 3 is 2.37 bits per heavy atom. The molecule has 0 bridgehead atoms. The van der Waals surface area contributed by atoms with Crippen LogP contribution in [-0.4, -0.2) is 57.4 Å². The summed E-state index contributed by atoms with van der Waals surface area (Å²) >= 11 is 13.7. The lowest BCUT2D eigenvalue weighted by atomic mass is 9.85. The van der Waals surface area contributed by atoms with Crippen molar-refractivity contribution >= 4 is 56.3 Å². The number of amides is 1. The first-order valence-corrected chi connectivity index (χ1v) is 17.2. The molecule has 12 heteroatoms. The molecule has 5 rings (SSSR count). The molecule has 1 aliphatic carbocycles. The zero-order chi connectivity index (χ0) is 31.3. The number of hydrogen-bond donors (Lipinski definition) is 1. The van der Waals surface area contributed by atoms with Crippen molar-refractivity contribution in [1.82, 2.24) is 9.88 Å². The number of hydrogen-bond acceptors (Lipinski definition) is 7. The van der Waals surface area contributed by atoms with Crippen LogP contribution < -0.4 is 0 Å². The molecule has 1 aliphatic heterocycles. The molecule has 2 aromatic carbocycles. The molecule has 43 heavy (non-hydrogen) atoms. The zero-order valence-corrected chi connectivity index (χ0v) is 27.4. The van der Waals surface area contributed by atoms with E-state index in [1.54, 1.807) is 62.9 Å². The van der Waals surface area contributed by atoms with E-state index in [1.807, 2.05) is 18.2 Å². The number of carbonyl (C=O) groups excluding carboxylic acids is 1. The smallest absolute Gasteiger partial charge is 0.347 e. The maximum absolute atomic E-state index is 14.8. The SMILES string of the molecule is CC1(Cc2ncc(C(=O)O)s2)OC(c2cccc(Cl)c2)C(c2ccc(Cl)cc2)N(C(CS(=O)(=O)C(C)(C)C)C2CC2)C1=O. The number of carboxylic acid groups (broad SMARTS) is 1. The Morgan fingerprint density at radius 2 is 1.81 bits per heavy atom. The Morgan fingerprint density at radius 1 is 1.14 bits per heavy atom. The number of aromatic carboxylic acids is 1. The van der Waals surface area contributed by atoms with Gasteiger partial charge >= 0.3 is 5.97 Å². The number of ether oxygens (including phenoxy) is 1. The second-order valence-corrected chi connectivity index (χ2v) is 17.2. The molecule has 230 valence electrons. The van der Waals surface area contributed by atoms with E-state index in [2.05, 4.69) is 4.98 Å². The van der Waals surface area contributed by atoms with Crippen LogP contribution in [0.15, 0.2) is 54.7 Å². The van der Waals surface area contributed by atoms with E-state index in [0.717, 1.165) is 35.3 Å². The van der Waals surface area contributed by atoms with Gasteiger partial charge < -0.3 is 14.7 Å². The molecule has 2 heterocycles. The van der Waals surface area contributed by atoms with E-state index in [9.17, 15) is 23.1 Å². The minimum absolute atomic E-state index is 0.00304. The summed E-state index contributed by atoms with van der Waals surface area (Å²) in [6, 6.07) is 13.0. The topological polar surface area (TPSA) is 114 Å². The van der Waals surface area contributed by atoms with Crippen LogP contribution in [0.1, 0.15) is 78.5 Å². The van der Waals surface area contributed by atoms with Gasteiger partial charge in [-0.3, -0.25) is 4.79 Å². The zero-order valence-electron chi connectivity index (χ0n) is 24.3. The molecular weight excluding hydrogens is 631 g/mol. The number of morpholine rings is 1. The highest BCUT2D eigenvalue weighted by molar-refractivity contribution is 7.92. The van der Waals surface area contributed by atoms with Crippen LogP contribution in [0.4, 0.5) is 0 Å². The van der Waals surface area contributed by atoms with Gasteiger partial charge in [0, 0.05) is 22.5 Å². The lowest BCUT2D eigenvalue weighted by molar-refractivity contribution is -0.202. The van der Waals surface area contributed by atoms with Gasteiger partial charge in [0.25, 0.3) is 5.91 Å². The molecule has 1 saturated heterocycles. The maximum atomic E-state index is 14.8. The summed E-state index contributed by atoms with van der Waals surface area (Å²) in [5, 5.41) is 10.9. The summed E-state index contributed by atoms with van der Waals surface area (Å²) in [6.45, 7) is 6.69. The molecular formula is C31H34Cl2N2O6S2. The van der Waals surface area contributed by atoms with Crippen molar-refractivity contribution < 1.29 is 27.9 Å². The molecule has 4 atom stereocenters. The molecule has 2 aliphatic rings. The lowest BCUT2D eigenvalue weighted by Gasteiger charge is -2.52. The first-order chi connectivity index (χ1) is 20.1. The predicted molar refractivity (Wildman–Crippen MR) is 168 cm³/mol. The van der Waals surface area contributed by atoms with Crippen LogP contribution in [0.3, 0.4) is 0 Å². The van der Waals surface area contributed by atoms with Crippen molar-refractivity contribution in [3.8, 4) is 0 Å². The quantitative estimate of drug-likeness (QED) is 0.268. The third kappa shape index (κ3) is 6.63. The molecule has 1 saturated carbocycles. The monoisotopic (exact) mass is 664 g/mol. The van der Waals surface area contributed by atoms with Gasteiger partial charge in [-0.1, -0.05) is 47.5 Å². The van der Waals surface area contributed by atoms with Crippen molar-refractivity contribution in [2.75, 3.05) is 5.75 Å². The highest BCUT2D eigenvalue weighted by Gasteiger charge is 2.56. The normalized spacial score (nSPS) is 23.8. The van der Waals surface area contributed by atoms with Gasteiger partial charge in [0.2, 0.25) is 0 Å². The summed E-state index contributed by atoms with van der Waals surface area (Å²) < 4.78 is 33.1. The second-order valence-electron chi connectivity index (χ2n) is 12.4. The Hall–Kier alpha value is -2.50. The lowest BCUT2D eigenvalue weighted by Crippen LogP contribution is -2.62. The van der Waals surface area contributed by atoms with Gasteiger partial charge in [-0.05, 0) is 81.8 Å². The van der Waals surface area contributed by atoms with Crippen LogP contribution in [0.5, 0.6) is 0 Å². The number of carboxylic acids is 1. The Labute approximate surface area is 265 Å². The van der Waals surface area contributed by atoms with Crippen molar-refractivity contribution in [2.45, 2.75) is 75.5 Å². The van der Waals surface area contributed by atoms with Crippen molar-refractivity contribution in [3.63, 3.8) is 0 Å². The fourth-order valence-electron chi connectivity index (χ4n) is 5.52. The van der Waals surface area contributed by atoms with E-state index >= 15 is 0 Å². The van der Waals surface area contributed by atoms with Gasteiger partial charge in [-0.25, -0.2) is 18.2 Å². The number of aromatic nitrogens is 1. The van der Waals surface area contributed by atoms with E-state index < -0.39 is 44.3 Å². The summed E-state index contributed by atoms with van der Waals surface area (Å²) in [4.78, 5) is 32.4. The number of rotatable bonds is 9. The molecule has 0 radical (unpaired) electrons. The van der Waals surface area contributed by atoms with Gasteiger partial charge in [-0.2, -0.15) is 0 Å². The van der Waals surface area contributed by atoms with Crippen molar-refractivity contribution in [1.29, 1.82) is 0 Å². The molecule has 1 aromatic heterocycles. The predicted octanol–water partition coefficient (Wildman–Crippen LogP) is 6.78. The molecule has 3 aromatic rings. The van der Waals surface area contributed by atoms with Crippen LogP contribution >= 0.6 is 34.5 Å². The largest absolute Gasteiger partial charge is 0.477 e. The average molecular weight is 666 g/mol. The Balaban J connectivity index is 1.69. The number of nitrogens with zero attached hydrogens (tertiary/aromatic N) is 2. The van der Waals surface area contributed by atoms with Gasteiger partial charge in [0.15, 0.2) is 15.4 Å². The number of carbonyl (C=O) groups is 2. The fourth-order valence-corrected chi connectivity index (χ4v) is 8.13. The molecule has 8 nitrogen and oxygen atoms in total.